The molecule has 0 spiro atoms. The van der Waals surface area contributed by atoms with E-state index in [-0.39, 0.29) is 35.6 Å². The summed E-state index contributed by atoms with van der Waals surface area (Å²) in [7, 11) is -3.70. The molecule has 1 heterocycles. The Morgan fingerprint density at radius 1 is 1.18 bits per heavy atom. The van der Waals surface area contributed by atoms with Gasteiger partial charge in [-0.25, -0.2) is 18.2 Å². The van der Waals surface area contributed by atoms with E-state index < -0.39 is 15.8 Å². The number of phenols is 1. The molecule has 0 bridgehead atoms. The van der Waals surface area contributed by atoms with Gasteiger partial charge in [0.2, 0.25) is 15.9 Å². The fourth-order valence-corrected chi connectivity index (χ4v) is 4.45. The van der Waals surface area contributed by atoms with Gasteiger partial charge in [0.1, 0.15) is 11.6 Å². The summed E-state index contributed by atoms with van der Waals surface area (Å²) < 4.78 is 39.5. The molecular weight excluding hydrogens is 385 g/mol. The number of halogens is 1. The predicted octanol–water partition coefficient (Wildman–Crippen LogP) is 2.08. The molecule has 0 atom stereocenters. The van der Waals surface area contributed by atoms with Gasteiger partial charge in [0, 0.05) is 19.0 Å². The number of phenolic OH excluding ortho intramolecular Hbond substituents is 1. The Labute approximate surface area is 162 Å². The molecule has 0 aliphatic carbocycles. The number of nitrogens with zero attached hydrogens (tertiary/aromatic N) is 2. The molecule has 3 rings (SSSR count). The Kier molecular flexibility index (Phi) is 6.05. The van der Waals surface area contributed by atoms with E-state index in [0.29, 0.717) is 18.4 Å². The molecule has 9 heteroatoms. The minimum atomic E-state index is -3.70. The lowest BCUT2D eigenvalue weighted by Crippen LogP contribution is -2.42. The zero-order valence-corrected chi connectivity index (χ0v) is 15.8. The van der Waals surface area contributed by atoms with Crippen molar-refractivity contribution in [1.82, 2.24) is 9.73 Å². The summed E-state index contributed by atoms with van der Waals surface area (Å²) in [6, 6.07) is 11.1. The van der Waals surface area contributed by atoms with Crippen LogP contribution in [0.2, 0.25) is 0 Å². The van der Waals surface area contributed by atoms with E-state index in [1.165, 1.54) is 34.8 Å². The highest BCUT2D eigenvalue weighted by molar-refractivity contribution is 7.89. The molecule has 0 unspecified atom stereocenters. The molecule has 148 valence electrons. The molecule has 2 N–H and O–H groups in total. The van der Waals surface area contributed by atoms with Crippen molar-refractivity contribution in [2.45, 2.75) is 17.7 Å². The summed E-state index contributed by atoms with van der Waals surface area (Å²) in [6.45, 7) is 0.405. The van der Waals surface area contributed by atoms with Crippen LogP contribution in [0, 0.1) is 11.7 Å². The summed E-state index contributed by atoms with van der Waals surface area (Å²) >= 11 is 0. The molecule has 1 amide bonds. The number of hydrazone groups is 1. The van der Waals surface area contributed by atoms with Gasteiger partial charge in [-0.05, 0) is 54.8 Å². The van der Waals surface area contributed by atoms with Gasteiger partial charge >= 0.3 is 0 Å². The van der Waals surface area contributed by atoms with E-state index in [1.54, 1.807) is 12.1 Å². The molecule has 1 aliphatic heterocycles. The molecule has 1 saturated heterocycles. The number of rotatable bonds is 5. The molecule has 7 nitrogen and oxygen atoms in total. The number of benzene rings is 2. The van der Waals surface area contributed by atoms with Crippen LogP contribution in [0.15, 0.2) is 58.5 Å². The zero-order valence-electron chi connectivity index (χ0n) is 15.0. The smallest absolute Gasteiger partial charge is 0.243 e. The van der Waals surface area contributed by atoms with Gasteiger partial charge in [0.25, 0.3) is 0 Å². The molecule has 0 radical (unpaired) electrons. The van der Waals surface area contributed by atoms with Gasteiger partial charge in [-0.2, -0.15) is 9.41 Å². The zero-order chi connectivity index (χ0) is 20.1. The molecule has 2 aromatic rings. The highest BCUT2D eigenvalue weighted by atomic mass is 32.2. The predicted molar refractivity (Wildman–Crippen MR) is 102 cm³/mol. The van der Waals surface area contributed by atoms with Crippen LogP contribution >= 0.6 is 0 Å². The van der Waals surface area contributed by atoms with Crippen molar-refractivity contribution in [2.24, 2.45) is 11.0 Å². The van der Waals surface area contributed by atoms with Crippen LogP contribution in [-0.4, -0.2) is 43.0 Å². The van der Waals surface area contributed by atoms with Crippen molar-refractivity contribution in [3.05, 3.63) is 59.9 Å². The summed E-state index contributed by atoms with van der Waals surface area (Å²) in [5, 5.41) is 13.3. The fourth-order valence-electron chi connectivity index (χ4n) is 2.98. The Bertz CT molecular complexity index is 969. The van der Waals surface area contributed by atoms with Crippen LogP contribution in [0.4, 0.5) is 4.39 Å². The number of nitrogens with one attached hydrogen (secondary N) is 1. The quantitative estimate of drug-likeness (QED) is 0.588. The molecule has 28 heavy (non-hydrogen) atoms. The van der Waals surface area contributed by atoms with Crippen molar-refractivity contribution in [3.8, 4) is 5.75 Å². The minimum Gasteiger partial charge on any atom is -0.508 e. The van der Waals surface area contributed by atoms with Gasteiger partial charge in [-0.3, -0.25) is 4.79 Å². The number of aromatic hydroxyl groups is 1. The normalized spacial score (nSPS) is 16.3. The first-order chi connectivity index (χ1) is 13.4. The van der Waals surface area contributed by atoms with Crippen molar-refractivity contribution >= 4 is 22.1 Å². The van der Waals surface area contributed by atoms with Crippen molar-refractivity contribution in [1.29, 1.82) is 0 Å². The third-order valence-corrected chi connectivity index (χ3v) is 6.45. The fraction of sp³-hybridized carbons (Fsp3) is 0.263. The van der Waals surface area contributed by atoms with Gasteiger partial charge in [0.15, 0.2) is 0 Å². The van der Waals surface area contributed by atoms with Crippen LogP contribution in [0.5, 0.6) is 5.75 Å². The summed E-state index contributed by atoms with van der Waals surface area (Å²) in [4.78, 5) is 12.3. The number of hydrogen-bond acceptors (Lipinski definition) is 5. The number of carbonyl (C=O) groups excluding carboxylic acids is 1. The summed E-state index contributed by atoms with van der Waals surface area (Å²) in [6.07, 6.45) is 2.16. The number of carbonyl (C=O) groups is 1. The maximum atomic E-state index is 13.0. The maximum absolute atomic E-state index is 13.0. The Balaban J connectivity index is 1.54. The lowest BCUT2D eigenvalue weighted by molar-refractivity contribution is -0.126. The molecule has 1 aliphatic rings. The second-order valence-electron chi connectivity index (χ2n) is 6.46. The van der Waals surface area contributed by atoms with Crippen LogP contribution in [-0.2, 0) is 14.8 Å². The van der Waals surface area contributed by atoms with Crippen LogP contribution in [0.3, 0.4) is 0 Å². The first kappa shape index (κ1) is 20.0. The van der Waals surface area contributed by atoms with Gasteiger partial charge in [-0.1, -0.05) is 12.1 Å². The van der Waals surface area contributed by atoms with E-state index in [2.05, 4.69) is 10.5 Å². The topological polar surface area (TPSA) is 99.1 Å². The lowest BCUT2D eigenvalue weighted by atomic mass is 9.98. The van der Waals surface area contributed by atoms with Crippen molar-refractivity contribution in [3.63, 3.8) is 0 Å². The third kappa shape index (κ3) is 4.73. The Morgan fingerprint density at radius 3 is 2.50 bits per heavy atom. The molecule has 0 saturated carbocycles. The highest BCUT2D eigenvalue weighted by Gasteiger charge is 2.32. The SMILES string of the molecule is O=C(N/N=C\c1cccc(O)c1)C1CCN(S(=O)(=O)c2ccc(F)cc2)CC1. The standard InChI is InChI=1S/C19H20FN3O4S/c20-16-4-6-18(7-5-16)28(26,27)23-10-8-15(9-11-23)19(25)22-21-13-14-2-1-3-17(24)12-14/h1-7,12-13,15,24H,8-11H2,(H,22,25)/b21-13-. The molecule has 1 fully saturated rings. The summed E-state index contributed by atoms with van der Waals surface area (Å²) in [5.74, 6) is -1.03. The average Bonchev–Trinajstić information content (AvgIpc) is 2.68. The minimum absolute atomic E-state index is 0.0347. The van der Waals surface area contributed by atoms with E-state index in [4.69, 9.17) is 0 Å². The first-order valence-electron chi connectivity index (χ1n) is 8.74. The second kappa shape index (κ2) is 8.49. The van der Waals surface area contributed by atoms with Crippen LogP contribution in [0.25, 0.3) is 0 Å². The second-order valence-corrected chi connectivity index (χ2v) is 8.40. The van der Waals surface area contributed by atoms with Gasteiger partial charge in [-0.15, -0.1) is 0 Å². The van der Waals surface area contributed by atoms with Gasteiger partial charge in [0.05, 0.1) is 11.1 Å². The first-order valence-corrected chi connectivity index (χ1v) is 10.2. The maximum Gasteiger partial charge on any atom is 0.243 e. The highest BCUT2D eigenvalue weighted by Crippen LogP contribution is 2.24. The number of piperidine rings is 1. The average molecular weight is 405 g/mol. The van der Waals surface area contributed by atoms with E-state index in [0.717, 1.165) is 12.1 Å². The number of hydrogen-bond donors (Lipinski definition) is 2. The third-order valence-electron chi connectivity index (χ3n) is 4.53. The monoisotopic (exact) mass is 405 g/mol. The van der Waals surface area contributed by atoms with Gasteiger partial charge < -0.3 is 5.11 Å². The molecule has 0 aromatic heterocycles. The van der Waals surface area contributed by atoms with Crippen molar-refractivity contribution in [2.75, 3.05) is 13.1 Å². The van der Waals surface area contributed by atoms with Crippen molar-refractivity contribution < 1.29 is 22.7 Å². The van der Waals surface area contributed by atoms with E-state index >= 15 is 0 Å². The number of sulfonamides is 1. The molecule has 2 aromatic carbocycles. The number of amides is 1. The summed E-state index contributed by atoms with van der Waals surface area (Å²) in [5.41, 5.74) is 3.09. The molecular formula is C19H20FN3O4S. The largest absolute Gasteiger partial charge is 0.508 e. The van der Waals surface area contributed by atoms with Crippen LogP contribution < -0.4 is 5.43 Å². The van der Waals surface area contributed by atoms with E-state index in [1.807, 2.05) is 0 Å². The lowest BCUT2D eigenvalue weighted by Gasteiger charge is -2.30. The van der Waals surface area contributed by atoms with Crippen LogP contribution in [0.1, 0.15) is 18.4 Å². The Morgan fingerprint density at radius 2 is 1.86 bits per heavy atom. The van der Waals surface area contributed by atoms with E-state index in [9.17, 15) is 22.7 Å². The Hall–Kier alpha value is -2.78.